The fourth-order valence-corrected chi connectivity index (χ4v) is 7.50. The van der Waals surface area contributed by atoms with Gasteiger partial charge >= 0.3 is 5.69 Å². The van der Waals surface area contributed by atoms with E-state index < -0.39 is 12.7 Å². The van der Waals surface area contributed by atoms with Gasteiger partial charge < -0.3 is 19.8 Å². The Kier molecular flexibility index (Phi) is 5.79. The largest absolute Gasteiger partial charge is 0.494 e. The minimum atomic E-state index is -2.73. The van der Waals surface area contributed by atoms with Gasteiger partial charge in [-0.25, -0.2) is 9.78 Å². The number of methoxy groups -OCH3 is 1. The van der Waals surface area contributed by atoms with E-state index >= 15 is 0 Å². The molecule has 8 heterocycles. The highest BCUT2D eigenvalue weighted by Crippen LogP contribution is 2.46. The van der Waals surface area contributed by atoms with E-state index in [2.05, 4.69) is 15.4 Å². The van der Waals surface area contributed by atoms with E-state index in [0.29, 0.717) is 66.0 Å². The second-order valence-electron chi connectivity index (χ2n) is 12.9. The zero-order chi connectivity index (χ0) is 33.4. The van der Waals surface area contributed by atoms with Crippen molar-refractivity contribution in [3.63, 3.8) is 0 Å². The quantitative estimate of drug-likeness (QED) is 0.287. The van der Waals surface area contributed by atoms with Gasteiger partial charge in [-0.1, -0.05) is 12.1 Å². The van der Waals surface area contributed by atoms with Gasteiger partial charge in [0.05, 0.1) is 47.6 Å². The predicted molar refractivity (Wildman–Crippen MR) is 171 cm³/mol. The Balaban J connectivity index is 1.39. The topological polar surface area (TPSA) is 121 Å². The highest BCUT2D eigenvalue weighted by molar-refractivity contribution is 6.14. The molecule has 1 amide bonds. The van der Waals surface area contributed by atoms with Gasteiger partial charge in [0, 0.05) is 47.4 Å². The number of carbonyl (C=O) groups is 1. The molecular weight excluding hydrogens is 570 g/mol. The molecule has 4 aliphatic heterocycles. The van der Waals surface area contributed by atoms with Crippen LogP contribution in [0.5, 0.6) is 11.6 Å². The van der Waals surface area contributed by atoms with E-state index in [0.717, 1.165) is 53.5 Å². The van der Waals surface area contributed by atoms with Gasteiger partial charge in [-0.3, -0.25) is 18.6 Å². The minimum absolute atomic E-state index is 0.0904. The average molecular weight is 613 g/mol. The number of pyridine rings is 1. The molecule has 5 aromatic rings. The second kappa shape index (κ2) is 10.5. The molecule has 45 heavy (non-hydrogen) atoms. The number of rotatable bonds is 4. The Morgan fingerprint density at radius 1 is 1.16 bits per heavy atom. The van der Waals surface area contributed by atoms with Crippen molar-refractivity contribution in [2.24, 2.45) is 19.9 Å². The lowest BCUT2D eigenvalue weighted by molar-refractivity contribution is -0.125. The van der Waals surface area contributed by atoms with Crippen LogP contribution in [0.25, 0.3) is 44.5 Å². The Bertz CT molecular complexity index is 2100. The summed E-state index contributed by atoms with van der Waals surface area (Å²) in [6.07, 6.45) is 10.3. The lowest BCUT2D eigenvalue weighted by atomic mass is 9.76. The molecule has 6 aliphatic rings. The molecule has 2 fully saturated rings. The van der Waals surface area contributed by atoms with E-state index in [1.165, 1.54) is 6.20 Å². The van der Waals surface area contributed by atoms with Gasteiger partial charge in [0.25, 0.3) is 0 Å². The van der Waals surface area contributed by atoms with Crippen molar-refractivity contribution >= 4 is 28.0 Å². The first-order chi connectivity index (χ1) is 23.1. The van der Waals surface area contributed by atoms with Crippen molar-refractivity contribution in [3.05, 3.63) is 47.1 Å². The maximum atomic E-state index is 14.4. The number of carbonyl (C=O) groups excluding carboxylic acids is 1. The minimum Gasteiger partial charge on any atom is -0.494 e. The number of benzene rings is 1. The average Bonchev–Trinajstić information content (AvgIpc) is 3.64. The summed E-state index contributed by atoms with van der Waals surface area (Å²) in [5, 5.41) is 8.56. The number of H-pyrrole nitrogens is 1. The van der Waals surface area contributed by atoms with Crippen molar-refractivity contribution in [2.75, 3.05) is 13.7 Å². The molecule has 2 saturated carbocycles. The number of nitrogens with zero attached hydrogens (tertiary/aromatic N) is 5. The third-order valence-corrected chi connectivity index (χ3v) is 9.99. The third-order valence-electron chi connectivity index (χ3n) is 9.99. The van der Waals surface area contributed by atoms with Crippen LogP contribution < -0.4 is 20.5 Å². The zero-order valence-electron chi connectivity index (χ0n) is 28.6. The summed E-state index contributed by atoms with van der Waals surface area (Å²) in [6, 6.07) is 7.51. The number of aryl methyl sites for hydroxylation is 2. The molecule has 0 saturated heterocycles. The normalized spacial score (nSPS) is 23.1. The van der Waals surface area contributed by atoms with Crippen LogP contribution in [0.3, 0.4) is 0 Å². The summed E-state index contributed by atoms with van der Waals surface area (Å²) in [7, 11) is 3.38. The first-order valence-electron chi connectivity index (χ1n) is 17.4. The number of hydrogen-bond acceptors (Lipinski definition) is 6. The molecule has 0 spiro atoms. The van der Waals surface area contributed by atoms with Crippen LogP contribution in [-0.4, -0.2) is 54.0 Å². The van der Waals surface area contributed by atoms with Crippen molar-refractivity contribution < 1.29 is 18.4 Å². The van der Waals surface area contributed by atoms with Crippen LogP contribution in [0, 0.1) is 5.92 Å². The Hall–Kier alpha value is -4.54. The molecule has 4 bridgehead atoms. The smallest absolute Gasteiger partial charge is 0.329 e. The van der Waals surface area contributed by atoms with Gasteiger partial charge in [-0.05, 0) is 75.5 Å². The molecule has 234 valence electrons. The summed E-state index contributed by atoms with van der Waals surface area (Å²) in [6.45, 7) is -2.17. The summed E-state index contributed by atoms with van der Waals surface area (Å²) in [5.74, 6) is 1.35. The second-order valence-corrected chi connectivity index (χ2v) is 12.9. The van der Waals surface area contributed by atoms with Gasteiger partial charge in [0.2, 0.25) is 11.8 Å². The molecule has 2 N–H and O–H groups in total. The summed E-state index contributed by atoms with van der Waals surface area (Å²) >= 11 is 0. The van der Waals surface area contributed by atoms with Gasteiger partial charge in [-0.15, -0.1) is 5.10 Å². The molecule has 2 aliphatic carbocycles. The Morgan fingerprint density at radius 3 is 2.69 bits per heavy atom. The first kappa shape index (κ1) is 24.7. The van der Waals surface area contributed by atoms with E-state index in [-0.39, 0.29) is 28.9 Å². The fraction of sp³-hybridized carbons (Fsp3) is 0.471. The molecular formula is C34H39N7O4. The van der Waals surface area contributed by atoms with Gasteiger partial charge in [-0.2, -0.15) is 0 Å². The number of aromatic nitrogens is 6. The third kappa shape index (κ3) is 4.62. The highest BCUT2D eigenvalue weighted by Gasteiger charge is 2.41. The summed E-state index contributed by atoms with van der Waals surface area (Å²) in [5.41, 5.74) is 3.28. The highest BCUT2D eigenvalue weighted by atomic mass is 16.5. The van der Waals surface area contributed by atoms with Crippen molar-refractivity contribution in [1.82, 2.24) is 34.2 Å². The lowest BCUT2D eigenvalue weighted by Gasteiger charge is -2.41. The van der Waals surface area contributed by atoms with E-state index in [4.69, 9.17) is 18.6 Å². The lowest BCUT2D eigenvalue weighted by Crippen LogP contribution is -2.51. The number of aromatic amines is 1. The van der Waals surface area contributed by atoms with Gasteiger partial charge in [0.1, 0.15) is 11.4 Å². The molecule has 11 rings (SSSR count). The maximum absolute atomic E-state index is 14.4. The molecule has 0 unspecified atom stereocenters. The van der Waals surface area contributed by atoms with Crippen LogP contribution in [0.2, 0.25) is 0 Å². The van der Waals surface area contributed by atoms with Crippen LogP contribution in [-0.2, 0) is 18.8 Å². The van der Waals surface area contributed by atoms with E-state index in [1.807, 2.05) is 37.5 Å². The standard InChI is InChI=1S/C34H39N7O4/c1-39-19-24(32(38-39)44-3)28-26-20-8-10-23(11-9-20)45-17-5-4-14-34(37-31(42)21-6-7-21)15-12-22(13-16-34)41-29-25(40(2)33(41)43)18-35-30(36-28)27(26)29/h8-11,18-19,21-22H,4-7,12-17H2,1-3H3,(H,35,36)(H,37,42)/i2D3. The molecule has 0 radical (unpaired) electrons. The monoisotopic (exact) mass is 612 g/mol. The predicted octanol–water partition coefficient (Wildman–Crippen LogP) is 5.24. The zero-order valence-corrected chi connectivity index (χ0v) is 25.6. The van der Waals surface area contributed by atoms with Crippen molar-refractivity contribution in [1.29, 1.82) is 0 Å². The number of imidazole rings is 1. The number of nitrogens with one attached hydrogen (secondary N) is 2. The first-order valence-corrected chi connectivity index (χ1v) is 15.9. The fourth-order valence-electron chi connectivity index (χ4n) is 7.50. The van der Waals surface area contributed by atoms with Crippen LogP contribution in [0.4, 0.5) is 0 Å². The SMILES string of the molecule is [2H]C([2H])([2H])n1c(=O)n2c3c4c(c(-c5cn(C)nc5OC)[nH]c4ncc31)-c1ccc(cc1)OCCCCC1(NC(=O)C3CC3)CCC2CC1. The molecule has 11 nitrogen and oxygen atoms in total. The van der Waals surface area contributed by atoms with Gasteiger partial charge in [0.15, 0.2) is 0 Å². The molecule has 4 aromatic heterocycles. The van der Waals surface area contributed by atoms with Crippen LogP contribution in [0.1, 0.15) is 67.9 Å². The molecule has 0 atom stereocenters. The number of amides is 1. The summed E-state index contributed by atoms with van der Waals surface area (Å²) < 4.78 is 41.3. The Morgan fingerprint density at radius 2 is 1.96 bits per heavy atom. The van der Waals surface area contributed by atoms with Crippen LogP contribution >= 0.6 is 0 Å². The summed E-state index contributed by atoms with van der Waals surface area (Å²) in [4.78, 5) is 35.6. The molecule has 1 aromatic carbocycles. The van der Waals surface area contributed by atoms with E-state index in [9.17, 15) is 9.59 Å². The van der Waals surface area contributed by atoms with Crippen LogP contribution in [0.15, 0.2) is 41.5 Å². The number of hydrogen-bond donors (Lipinski definition) is 2. The van der Waals surface area contributed by atoms with Crippen molar-refractivity contribution in [3.8, 4) is 34.0 Å². The van der Waals surface area contributed by atoms with Crippen molar-refractivity contribution in [2.45, 2.75) is 69.4 Å². The maximum Gasteiger partial charge on any atom is 0.329 e. The Labute approximate surface area is 264 Å². The van der Waals surface area contributed by atoms with E-state index in [1.54, 1.807) is 16.4 Å². The molecule has 11 heteroatoms. The number of ether oxygens (including phenoxy) is 2.